The van der Waals surface area contributed by atoms with E-state index in [-0.39, 0.29) is 6.42 Å². The minimum atomic E-state index is -0.816. The van der Waals surface area contributed by atoms with Gasteiger partial charge in [0, 0.05) is 12.8 Å². The topological polar surface area (TPSA) is 63.3 Å². The van der Waals surface area contributed by atoms with Crippen LogP contribution in [0.2, 0.25) is 0 Å². The molecule has 0 atom stereocenters. The lowest BCUT2D eigenvalue weighted by atomic mass is 10.2. The van der Waals surface area contributed by atoms with E-state index in [0.717, 1.165) is 30.7 Å². The number of nitrogens with zero attached hydrogens (tertiary/aromatic N) is 1. The lowest BCUT2D eigenvalue weighted by Crippen LogP contribution is -1.97. The van der Waals surface area contributed by atoms with Gasteiger partial charge in [-0.25, -0.2) is 4.98 Å². The summed E-state index contributed by atoms with van der Waals surface area (Å²) in [6.45, 7) is 4.11. The van der Waals surface area contributed by atoms with Crippen LogP contribution in [0.25, 0.3) is 0 Å². The zero-order valence-corrected chi connectivity index (χ0v) is 9.25. The Bertz CT molecular complexity index is 331. The van der Waals surface area contributed by atoms with Gasteiger partial charge in [-0.05, 0) is 12.8 Å². The first-order chi connectivity index (χ1) is 7.17. The number of aryl methyl sites for hydroxylation is 3. The predicted octanol–water partition coefficient (Wildman–Crippen LogP) is 2.21. The Balaban J connectivity index is 2.69. The Kier molecular flexibility index (Phi) is 4.34. The molecule has 0 fully saturated rings. The summed E-state index contributed by atoms with van der Waals surface area (Å²) < 4.78 is 5.52. The summed E-state index contributed by atoms with van der Waals surface area (Å²) in [4.78, 5) is 14.7. The number of carbonyl (C=O) groups is 1. The molecule has 0 saturated heterocycles. The second kappa shape index (κ2) is 5.53. The van der Waals surface area contributed by atoms with E-state index in [9.17, 15) is 4.79 Å². The summed E-state index contributed by atoms with van der Waals surface area (Å²) in [6, 6.07) is 0. The van der Waals surface area contributed by atoms with E-state index in [1.807, 2.05) is 6.92 Å². The highest BCUT2D eigenvalue weighted by Gasteiger charge is 2.11. The maximum absolute atomic E-state index is 10.4. The lowest BCUT2D eigenvalue weighted by Gasteiger charge is -1.93. The van der Waals surface area contributed by atoms with Crippen LogP contribution in [-0.4, -0.2) is 16.1 Å². The van der Waals surface area contributed by atoms with Crippen molar-refractivity contribution < 1.29 is 14.3 Å². The molecule has 1 aromatic rings. The van der Waals surface area contributed by atoms with Crippen LogP contribution >= 0.6 is 0 Å². The zero-order chi connectivity index (χ0) is 11.3. The van der Waals surface area contributed by atoms with Gasteiger partial charge in [-0.15, -0.1) is 0 Å². The lowest BCUT2D eigenvalue weighted by molar-refractivity contribution is -0.137. The highest BCUT2D eigenvalue weighted by Crippen LogP contribution is 2.15. The summed E-state index contributed by atoms with van der Waals surface area (Å²) in [5, 5.41) is 8.54. The smallest absolute Gasteiger partial charge is 0.303 e. The van der Waals surface area contributed by atoms with Gasteiger partial charge < -0.3 is 9.52 Å². The molecule has 4 nitrogen and oxygen atoms in total. The van der Waals surface area contributed by atoms with E-state index in [2.05, 4.69) is 11.9 Å². The Labute approximate surface area is 89.3 Å². The number of oxazole rings is 1. The van der Waals surface area contributed by atoms with E-state index in [0.29, 0.717) is 12.3 Å². The van der Waals surface area contributed by atoms with Crippen molar-refractivity contribution in [3.05, 3.63) is 17.3 Å². The molecule has 0 radical (unpaired) electrons. The van der Waals surface area contributed by atoms with Gasteiger partial charge in [0.15, 0.2) is 5.89 Å². The van der Waals surface area contributed by atoms with E-state index < -0.39 is 5.97 Å². The van der Waals surface area contributed by atoms with Crippen molar-refractivity contribution in [2.75, 3.05) is 0 Å². The van der Waals surface area contributed by atoms with Gasteiger partial charge in [-0.1, -0.05) is 13.8 Å². The highest BCUT2D eigenvalue weighted by molar-refractivity contribution is 5.66. The standard InChI is InChI=1S/C11H17NO3/c1-3-5-9-8(4-2)12-10(15-9)6-7-11(13)14/h3-7H2,1-2H3,(H,13,14). The van der Waals surface area contributed by atoms with E-state index >= 15 is 0 Å². The Morgan fingerprint density at radius 3 is 2.67 bits per heavy atom. The molecule has 1 rings (SSSR count). The molecule has 0 aliphatic carbocycles. The zero-order valence-electron chi connectivity index (χ0n) is 9.25. The molecule has 0 aromatic carbocycles. The van der Waals surface area contributed by atoms with Crippen molar-refractivity contribution in [1.82, 2.24) is 4.98 Å². The largest absolute Gasteiger partial charge is 0.481 e. The number of hydrogen-bond acceptors (Lipinski definition) is 3. The van der Waals surface area contributed by atoms with Crippen LogP contribution < -0.4 is 0 Å². The molecule has 0 aliphatic rings. The van der Waals surface area contributed by atoms with Gasteiger partial charge in [0.25, 0.3) is 0 Å². The van der Waals surface area contributed by atoms with Gasteiger partial charge in [0.1, 0.15) is 5.76 Å². The van der Waals surface area contributed by atoms with Gasteiger partial charge in [-0.2, -0.15) is 0 Å². The molecule has 1 N–H and O–H groups in total. The summed E-state index contributed by atoms with van der Waals surface area (Å²) in [5.41, 5.74) is 0.970. The number of hydrogen-bond donors (Lipinski definition) is 1. The van der Waals surface area contributed by atoms with Crippen molar-refractivity contribution in [3.8, 4) is 0 Å². The fourth-order valence-electron chi connectivity index (χ4n) is 1.46. The molecule has 1 heterocycles. The summed E-state index contributed by atoms with van der Waals surface area (Å²) in [7, 11) is 0. The fraction of sp³-hybridized carbons (Fsp3) is 0.636. The molecule has 0 amide bonds. The quantitative estimate of drug-likeness (QED) is 0.783. The van der Waals surface area contributed by atoms with Crippen molar-refractivity contribution in [3.63, 3.8) is 0 Å². The van der Waals surface area contributed by atoms with Crippen molar-refractivity contribution in [2.24, 2.45) is 0 Å². The molecule has 1 aromatic heterocycles. The van der Waals surface area contributed by atoms with Crippen molar-refractivity contribution >= 4 is 5.97 Å². The van der Waals surface area contributed by atoms with Crippen LogP contribution in [0.3, 0.4) is 0 Å². The first-order valence-electron chi connectivity index (χ1n) is 5.36. The highest BCUT2D eigenvalue weighted by atomic mass is 16.4. The molecule has 84 valence electrons. The molecule has 4 heteroatoms. The van der Waals surface area contributed by atoms with E-state index in [4.69, 9.17) is 9.52 Å². The third kappa shape index (κ3) is 3.38. The number of aliphatic carboxylic acids is 1. The molecule has 0 unspecified atom stereocenters. The summed E-state index contributed by atoms with van der Waals surface area (Å²) in [5.74, 6) is 0.654. The van der Waals surface area contributed by atoms with Crippen LogP contribution in [-0.2, 0) is 24.1 Å². The Morgan fingerprint density at radius 2 is 2.13 bits per heavy atom. The summed E-state index contributed by atoms with van der Waals surface area (Å²) >= 11 is 0. The Hall–Kier alpha value is -1.32. The molecule has 15 heavy (non-hydrogen) atoms. The number of rotatable bonds is 6. The second-order valence-corrected chi connectivity index (χ2v) is 3.47. The molecule has 0 saturated carbocycles. The van der Waals surface area contributed by atoms with Gasteiger partial charge in [-0.3, -0.25) is 4.79 Å². The predicted molar refractivity (Wildman–Crippen MR) is 55.8 cm³/mol. The van der Waals surface area contributed by atoms with Gasteiger partial charge >= 0.3 is 5.97 Å². The monoisotopic (exact) mass is 211 g/mol. The normalized spacial score (nSPS) is 10.5. The summed E-state index contributed by atoms with van der Waals surface area (Å²) in [6.07, 6.45) is 3.19. The molecule has 0 aliphatic heterocycles. The first kappa shape index (κ1) is 11.8. The average Bonchev–Trinajstić information content (AvgIpc) is 2.58. The van der Waals surface area contributed by atoms with Crippen LogP contribution in [0.5, 0.6) is 0 Å². The third-order valence-electron chi connectivity index (χ3n) is 2.19. The van der Waals surface area contributed by atoms with E-state index in [1.54, 1.807) is 0 Å². The van der Waals surface area contributed by atoms with Gasteiger partial charge in [0.05, 0.1) is 12.1 Å². The molecule has 0 bridgehead atoms. The average molecular weight is 211 g/mol. The number of carboxylic acids is 1. The molecule has 0 spiro atoms. The van der Waals surface area contributed by atoms with Crippen LogP contribution in [0.1, 0.15) is 44.0 Å². The third-order valence-corrected chi connectivity index (χ3v) is 2.19. The first-order valence-corrected chi connectivity index (χ1v) is 5.36. The number of carboxylic acid groups (broad SMARTS) is 1. The molecular weight excluding hydrogens is 194 g/mol. The second-order valence-electron chi connectivity index (χ2n) is 3.47. The minimum Gasteiger partial charge on any atom is -0.481 e. The van der Waals surface area contributed by atoms with Crippen LogP contribution in [0, 0.1) is 0 Å². The van der Waals surface area contributed by atoms with Crippen molar-refractivity contribution in [2.45, 2.75) is 46.0 Å². The number of aromatic nitrogens is 1. The van der Waals surface area contributed by atoms with Gasteiger partial charge in [0.2, 0.25) is 0 Å². The fourth-order valence-corrected chi connectivity index (χ4v) is 1.46. The van der Waals surface area contributed by atoms with E-state index in [1.165, 1.54) is 0 Å². The maximum atomic E-state index is 10.4. The Morgan fingerprint density at radius 1 is 1.40 bits per heavy atom. The maximum Gasteiger partial charge on any atom is 0.303 e. The van der Waals surface area contributed by atoms with Crippen molar-refractivity contribution in [1.29, 1.82) is 0 Å². The van der Waals surface area contributed by atoms with Crippen LogP contribution in [0.15, 0.2) is 4.42 Å². The molecular formula is C11H17NO3. The SMILES string of the molecule is CCCc1oc(CCC(=O)O)nc1CC. The van der Waals surface area contributed by atoms with Crippen LogP contribution in [0.4, 0.5) is 0 Å². The minimum absolute atomic E-state index is 0.0786.